The Morgan fingerprint density at radius 3 is 2.45 bits per heavy atom. The van der Waals surface area contributed by atoms with Gasteiger partial charge < -0.3 is 14.5 Å². The number of aromatic nitrogens is 2. The molecule has 5 rings (SSSR count). The zero-order valence-corrected chi connectivity index (χ0v) is 17.6. The summed E-state index contributed by atoms with van der Waals surface area (Å²) in [6.07, 6.45) is -0.119. The van der Waals surface area contributed by atoms with Crippen LogP contribution in [0, 0.1) is 5.82 Å². The predicted molar refractivity (Wildman–Crippen MR) is 116 cm³/mol. The van der Waals surface area contributed by atoms with Crippen molar-refractivity contribution in [3.05, 3.63) is 82.4 Å². The lowest BCUT2D eigenvalue weighted by atomic mass is 10.1. The Hall–Kier alpha value is -2.90. The predicted octanol–water partition coefficient (Wildman–Crippen LogP) is 3.91. The number of benzene rings is 2. The fourth-order valence-electron chi connectivity index (χ4n) is 4.09. The summed E-state index contributed by atoms with van der Waals surface area (Å²) in [5.74, 6) is -0.313. The van der Waals surface area contributed by atoms with Crippen molar-refractivity contribution in [2.45, 2.75) is 19.3 Å². The fraction of sp³-hybridized carbons (Fsp3) is 0.304. The van der Waals surface area contributed by atoms with Crippen LogP contribution in [0.2, 0.25) is 5.02 Å². The maximum atomic E-state index is 13.1. The van der Waals surface area contributed by atoms with Crippen molar-refractivity contribution >= 4 is 23.2 Å². The molecule has 0 unspecified atom stereocenters. The molecule has 0 spiro atoms. The molecule has 1 aromatic heterocycles. The molecule has 160 valence electrons. The van der Waals surface area contributed by atoms with Gasteiger partial charge in [-0.15, -0.1) is 0 Å². The molecule has 1 amide bonds. The minimum Gasteiger partial charge on any atom is -0.368 e. The average molecular weight is 441 g/mol. The van der Waals surface area contributed by atoms with E-state index in [2.05, 4.69) is 10.00 Å². The lowest BCUT2D eigenvalue weighted by Gasteiger charge is -2.35. The number of fused-ring (bicyclic) bond motifs is 1. The smallest absolute Gasteiger partial charge is 0.274 e. The van der Waals surface area contributed by atoms with Crippen molar-refractivity contribution in [1.82, 2.24) is 14.7 Å². The van der Waals surface area contributed by atoms with Gasteiger partial charge in [0.25, 0.3) is 5.91 Å². The van der Waals surface area contributed by atoms with Gasteiger partial charge in [0.1, 0.15) is 11.9 Å². The summed E-state index contributed by atoms with van der Waals surface area (Å²) in [5.41, 5.74) is 3.36. The quantitative estimate of drug-likeness (QED) is 0.619. The molecule has 2 aliphatic heterocycles. The van der Waals surface area contributed by atoms with Crippen LogP contribution in [0.4, 0.5) is 10.1 Å². The van der Waals surface area contributed by atoms with Crippen LogP contribution >= 0.6 is 11.6 Å². The van der Waals surface area contributed by atoms with Crippen LogP contribution < -0.4 is 4.90 Å². The second-order valence-electron chi connectivity index (χ2n) is 7.81. The molecule has 1 fully saturated rings. The lowest BCUT2D eigenvalue weighted by Crippen LogP contribution is -2.48. The summed E-state index contributed by atoms with van der Waals surface area (Å²) in [4.78, 5) is 17.0. The van der Waals surface area contributed by atoms with Crippen molar-refractivity contribution in [3.8, 4) is 0 Å². The molecule has 0 bridgehead atoms. The van der Waals surface area contributed by atoms with Crippen molar-refractivity contribution < 1.29 is 13.9 Å². The van der Waals surface area contributed by atoms with Gasteiger partial charge in [0.2, 0.25) is 0 Å². The molecule has 1 atom stereocenters. The van der Waals surface area contributed by atoms with Gasteiger partial charge in [0.05, 0.1) is 18.8 Å². The number of ether oxygens (including phenoxy) is 1. The number of carbonyl (C=O) groups is 1. The first-order chi connectivity index (χ1) is 15.1. The Balaban J connectivity index is 1.23. The van der Waals surface area contributed by atoms with E-state index in [-0.39, 0.29) is 17.8 Å². The third-order valence-corrected chi connectivity index (χ3v) is 6.11. The van der Waals surface area contributed by atoms with Gasteiger partial charge in [-0.25, -0.2) is 4.39 Å². The Morgan fingerprint density at radius 1 is 1.03 bits per heavy atom. The molecule has 1 saturated heterocycles. The summed E-state index contributed by atoms with van der Waals surface area (Å²) in [6.45, 7) is 3.57. The Bertz CT molecular complexity index is 1080. The summed E-state index contributed by atoms with van der Waals surface area (Å²) >= 11 is 5.98. The monoisotopic (exact) mass is 440 g/mol. The first kappa shape index (κ1) is 20.0. The number of anilines is 1. The van der Waals surface area contributed by atoms with Crippen molar-refractivity contribution in [3.63, 3.8) is 0 Å². The maximum absolute atomic E-state index is 13.1. The van der Waals surface area contributed by atoms with E-state index in [4.69, 9.17) is 16.3 Å². The Labute approximate surface area is 184 Å². The SMILES string of the molecule is O=C(c1cc2n(n1)C[C@H](c1ccc(Cl)cc1)OC2)N1CCN(c2ccc(F)cc2)CC1. The molecule has 31 heavy (non-hydrogen) atoms. The molecule has 3 heterocycles. The molecule has 8 heteroatoms. The second-order valence-corrected chi connectivity index (χ2v) is 8.25. The third-order valence-electron chi connectivity index (χ3n) is 5.85. The first-order valence-electron chi connectivity index (χ1n) is 10.3. The molecular weight excluding hydrogens is 419 g/mol. The van der Waals surface area contributed by atoms with E-state index in [1.54, 1.807) is 12.1 Å². The number of carbonyl (C=O) groups excluding carboxylic acids is 1. The highest BCUT2D eigenvalue weighted by atomic mass is 35.5. The van der Waals surface area contributed by atoms with E-state index in [1.165, 1.54) is 12.1 Å². The maximum Gasteiger partial charge on any atom is 0.274 e. The van der Waals surface area contributed by atoms with E-state index < -0.39 is 0 Å². The summed E-state index contributed by atoms with van der Waals surface area (Å²) in [6, 6.07) is 15.9. The van der Waals surface area contributed by atoms with Crippen LogP contribution in [0.1, 0.15) is 27.8 Å². The highest BCUT2D eigenvalue weighted by Gasteiger charge is 2.28. The van der Waals surface area contributed by atoms with E-state index >= 15 is 0 Å². The van der Waals surface area contributed by atoms with Gasteiger partial charge in [-0.2, -0.15) is 5.10 Å². The minimum absolute atomic E-state index is 0.0660. The number of hydrogen-bond donors (Lipinski definition) is 0. The van der Waals surface area contributed by atoms with E-state index in [0.717, 1.165) is 16.9 Å². The zero-order valence-electron chi connectivity index (χ0n) is 16.9. The van der Waals surface area contributed by atoms with Crippen LogP contribution in [0.3, 0.4) is 0 Å². The summed E-state index contributed by atoms with van der Waals surface area (Å²) < 4.78 is 21.0. The number of hydrogen-bond acceptors (Lipinski definition) is 4. The molecule has 6 nitrogen and oxygen atoms in total. The molecule has 3 aromatic rings. The van der Waals surface area contributed by atoms with Gasteiger partial charge >= 0.3 is 0 Å². The number of piperazine rings is 1. The minimum atomic E-state index is -0.247. The number of rotatable bonds is 3. The van der Waals surface area contributed by atoms with Gasteiger partial charge in [0, 0.05) is 36.9 Å². The molecule has 0 aliphatic carbocycles. The van der Waals surface area contributed by atoms with Crippen LogP contribution in [-0.2, 0) is 17.9 Å². The number of amides is 1. The molecular formula is C23H22ClFN4O2. The third kappa shape index (κ3) is 4.16. The number of nitrogens with zero attached hydrogens (tertiary/aromatic N) is 4. The van der Waals surface area contributed by atoms with Crippen LogP contribution in [0.25, 0.3) is 0 Å². The number of halogens is 2. The van der Waals surface area contributed by atoms with Gasteiger partial charge in [-0.1, -0.05) is 23.7 Å². The van der Waals surface area contributed by atoms with Crippen LogP contribution in [0.15, 0.2) is 54.6 Å². The highest BCUT2D eigenvalue weighted by Crippen LogP contribution is 2.28. The Kier molecular flexibility index (Phi) is 5.38. The summed E-state index contributed by atoms with van der Waals surface area (Å²) in [5, 5.41) is 5.26. The van der Waals surface area contributed by atoms with Gasteiger partial charge in [-0.3, -0.25) is 9.48 Å². The second kappa shape index (κ2) is 8.32. The van der Waals surface area contributed by atoms with Crippen molar-refractivity contribution in [2.75, 3.05) is 31.1 Å². The average Bonchev–Trinajstić information content (AvgIpc) is 3.23. The molecule has 2 aromatic carbocycles. The normalized spacial score (nSPS) is 18.7. The molecule has 2 aliphatic rings. The summed E-state index contributed by atoms with van der Waals surface area (Å²) in [7, 11) is 0. The Morgan fingerprint density at radius 2 is 1.74 bits per heavy atom. The fourth-order valence-corrected chi connectivity index (χ4v) is 4.22. The van der Waals surface area contributed by atoms with E-state index in [0.29, 0.717) is 50.0 Å². The van der Waals surface area contributed by atoms with Crippen LogP contribution in [-0.4, -0.2) is 46.8 Å². The highest BCUT2D eigenvalue weighted by molar-refractivity contribution is 6.30. The van der Waals surface area contributed by atoms with E-state index in [9.17, 15) is 9.18 Å². The molecule has 0 saturated carbocycles. The van der Waals surface area contributed by atoms with Gasteiger partial charge in [-0.05, 0) is 48.0 Å². The van der Waals surface area contributed by atoms with Crippen LogP contribution in [0.5, 0.6) is 0 Å². The molecule has 0 radical (unpaired) electrons. The standard InChI is InChI=1S/C23H22ClFN4O2/c24-17-3-1-16(2-4-17)22-14-29-20(15-31-22)13-21(26-29)23(30)28-11-9-27(10-12-28)19-7-5-18(25)6-8-19/h1-8,13,22H,9-12,14-15H2/t22-/m1/s1. The van der Waals surface area contributed by atoms with E-state index in [1.807, 2.05) is 39.9 Å². The van der Waals surface area contributed by atoms with Crippen molar-refractivity contribution in [1.29, 1.82) is 0 Å². The van der Waals surface area contributed by atoms with Gasteiger partial charge in [0.15, 0.2) is 5.69 Å². The van der Waals surface area contributed by atoms with Crippen molar-refractivity contribution in [2.24, 2.45) is 0 Å². The molecule has 0 N–H and O–H groups in total. The first-order valence-corrected chi connectivity index (χ1v) is 10.7. The zero-order chi connectivity index (χ0) is 21.4. The lowest BCUT2D eigenvalue weighted by molar-refractivity contribution is -0.00121. The largest absolute Gasteiger partial charge is 0.368 e. The topological polar surface area (TPSA) is 50.6 Å².